The Morgan fingerprint density at radius 3 is 2.63 bits per heavy atom. The molecule has 1 aliphatic rings. The van der Waals surface area contributed by atoms with Crippen molar-refractivity contribution in [1.29, 1.82) is 0 Å². The van der Waals surface area contributed by atoms with Crippen LogP contribution in [0.1, 0.15) is 22.3 Å². The van der Waals surface area contributed by atoms with Gasteiger partial charge in [-0.1, -0.05) is 60.2 Å². The van der Waals surface area contributed by atoms with Crippen LogP contribution in [0.15, 0.2) is 95.9 Å². The Balaban J connectivity index is 1.37. The first-order valence-electron chi connectivity index (χ1n) is 11.9. The minimum Gasteiger partial charge on any atom is -0.361 e. The lowest BCUT2D eigenvalue weighted by atomic mass is 10.1. The molecule has 5 aromatic rings. The number of hydrogen-bond donors (Lipinski definition) is 1. The number of benzene rings is 3. The maximum atomic E-state index is 13.6. The number of nitrogens with zero attached hydrogens (tertiary/aromatic N) is 3. The molecule has 0 spiro atoms. The Morgan fingerprint density at radius 1 is 0.971 bits per heavy atom. The fourth-order valence-corrected chi connectivity index (χ4v) is 4.93. The fraction of sp³-hybridized carbons (Fsp3) is 0.133. The van der Waals surface area contributed by atoms with Gasteiger partial charge >= 0.3 is 0 Å². The molecule has 0 atom stereocenters. The summed E-state index contributed by atoms with van der Waals surface area (Å²) < 4.78 is 2.08. The van der Waals surface area contributed by atoms with Crippen LogP contribution in [0.25, 0.3) is 27.9 Å². The van der Waals surface area contributed by atoms with E-state index >= 15 is 0 Å². The molecule has 5 nitrogen and oxygen atoms in total. The summed E-state index contributed by atoms with van der Waals surface area (Å²) in [6.07, 6.45) is 6.77. The lowest BCUT2D eigenvalue weighted by Crippen LogP contribution is -2.34. The number of aromatic nitrogens is 2. The van der Waals surface area contributed by atoms with Crippen LogP contribution in [0.3, 0.4) is 0 Å². The molecule has 2 aromatic heterocycles. The third kappa shape index (κ3) is 3.75. The van der Waals surface area contributed by atoms with Crippen molar-refractivity contribution < 1.29 is 4.79 Å². The Morgan fingerprint density at radius 2 is 1.77 bits per heavy atom. The van der Waals surface area contributed by atoms with E-state index in [1.807, 2.05) is 60.5 Å². The van der Waals surface area contributed by atoms with Gasteiger partial charge in [0.25, 0.3) is 5.91 Å². The highest BCUT2D eigenvalue weighted by atomic mass is 16.2. The molecule has 6 rings (SSSR count). The summed E-state index contributed by atoms with van der Waals surface area (Å²) in [5, 5.41) is 2.32. The van der Waals surface area contributed by atoms with E-state index in [1.54, 1.807) is 0 Å². The number of amides is 1. The smallest absolute Gasteiger partial charge is 0.278 e. The van der Waals surface area contributed by atoms with Crippen LogP contribution in [0.4, 0.5) is 0 Å². The van der Waals surface area contributed by atoms with Gasteiger partial charge in [-0.3, -0.25) is 9.69 Å². The molecule has 3 heterocycles. The first-order valence-corrected chi connectivity index (χ1v) is 11.9. The summed E-state index contributed by atoms with van der Waals surface area (Å²) in [7, 11) is 2.02. The van der Waals surface area contributed by atoms with Crippen molar-refractivity contribution in [2.45, 2.75) is 13.3 Å². The number of hydrogen-bond acceptors (Lipinski definition) is 2. The van der Waals surface area contributed by atoms with Gasteiger partial charge in [0, 0.05) is 58.9 Å². The number of carbonyl (C=O) groups is 1. The third-order valence-electron chi connectivity index (χ3n) is 6.73. The Bertz CT molecular complexity index is 1640. The zero-order valence-electron chi connectivity index (χ0n) is 19.8. The summed E-state index contributed by atoms with van der Waals surface area (Å²) >= 11 is 0. The lowest BCUT2D eigenvalue weighted by molar-refractivity contribution is -0.122. The average Bonchev–Trinajstić information content (AvgIpc) is 3.53. The van der Waals surface area contributed by atoms with Gasteiger partial charge in [0.1, 0.15) is 11.5 Å². The number of H-pyrrole nitrogens is 1. The van der Waals surface area contributed by atoms with Gasteiger partial charge in [-0.05, 0) is 43.2 Å². The molecule has 5 heteroatoms. The number of amidine groups is 1. The van der Waals surface area contributed by atoms with Gasteiger partial charge in [0.15, 0.2) is 0 Å². The monoisotopic (exact) mass is 458 g/mol. The molecule has 1 amide bonds. The molecule has 0 saturated carbocycles. The highest BCUT2D eigenvalue weighted by Gasteiger charge is 2.31. The normalized spacial score (nSPS) is 15.0. The van der Waals surface area contributed by atoms with E-state index in [9.17, 15) is 4.79 Å². The molecule has 1 N–H and O–H groups in total. The highest BCUT2D eigenvalue weighted by Crippen LogP contribution is 2.28. The minimum absolute atomic E-state index is 0.0622. The van der Waals surface area contributed by atoms with Crippen LogP contribution in [0.5, 0.6) is 0 Å². The topological polar surface area (TPSA) is 53.4 Å². The molecular formula is C30H26N4O. The Hall–Kier alpha value is -4.38. The molecule has 0 fully saturated rings. The maximum absolute atomic E-state index is 13.6. The number of aromatic amines is 1. The first-order chi connectivity index (χ1) is 17.1. The fourth-order valence-electron chi connectivity index (χ4n) is 4.93. The van der Waals surface area contributed by atoms with Crippen LogP contribution >= 0.6 is 0 Å². The quantitative estimate of drug-likeness (QED) is 0.331. The van der Waals surface area contributed by atoms with Crippen LogP contribution in [-0.2, 0) is 18.3 Å². The summed E-state index contributed by atoms with van der Waals surface area (Å²) in [6, 6.07) is 24.6. The maximum Gasteiger partial charge on any atom is 0.278 e. The molecule has 0 radical (unpaired) electrons. The second-order valence-electron chi connectivity index (χ2n) is 9.11. The molecule has 0 unspecified atom stereocenters. The number of aryl methyl sites for hydroxylation is 2. The van der Waals surface area contributed by atoms with E-state index in [-0.39, 0.29) is 5.91 Å². The first kappa shape index (κ1) is 21.2. The van der Waals surface area contributed by atoms with Crippen molar-refractivity contribution in [2.75, 3.05) is 6.54 Å². The van der Waals surface area contributed by atoms with Gasteiger partial charge in [0.05, 0.1) is 0 Å². The molecular weight excluding hydrogens is 432 g/mol. The largest absolute Gasteiger partial charge is 0.361 e. The number of para-hydroxylation sites is 1. The number of fused-ring (bicyclic) bond motifs is 2. The summed E-state index contributed by atoms with van der Waals surface area (Å²) in [6.45, 7) is 2.66. The van der Waals surface area contributed by atoms with E-state index in [0.717, 1.165) is 34.0 Å². The third-order valence-corrected chi connectivity index (χ3v) is 6.73. The molecule has 0 saturated heterocycles. The van der Waals surface area contributed by atoms with Crippen molar-refractivity contribution in [3.8, 4) is 0 Å². The van der Waals surface area contributed by atoms with E-state index in [2.05, 4.69) is 59.2 Å². The van der Waals surface area contributed by atoms with Crippen molar-refractivity contribution in [3.05, 3.63) is 113 Å². The second-order valence-corrected chi connectivity index (χ2v) is 9.11. The molecule has 0 aliphatic carbocycles. The van der Waals surface area contributed by atoms with Gasteiger partial charge in [-0.25, -0.2) is 4.99 Å². The highest BCUT2D eigenvalue weighted by molar-refractivity contribution is 6.20. The van der Waals surface area contributed by atoms with Crippen molar-refractivity contribution in [2.24, 2.45) is 12.0 Å². The Labute approximate surface area is 204 Å². The van der Waals surface area contributed by atoms with Crippen LogP contribution in [-0.4, -0.2) is 32.7 Å². The second kappa shape index (κ2) is 8.44. The predicted molar refractivity (Wildman–Crippen MR) is 142 cm³/mol. The molecule has 3 aromatic carbocycles. The molecule has 172 valence electrons. The molecule has 0 bridgehead atoms. The summed E-state index contributed by atoms with van der Waals surface area (Å²) in [4.78, 5) is 23.7. The van der Waals surface area contributed by atoms with Gasteiger partial charge in [0.2, 0.25) is 0 Å². The summed E-state index contributed by atoms with van der Waals surface area (Å²) in [5.41, 5.74) is 7.08. The van der Waals surface area contributed by atoms with Crippen molar-refractivity contribution in [1.82, 2.24) is 14.5 Å². The van der Waals surface area contributed by atoms with Crippen LogP contribution < -0.4 is 0 Å². The SMILES string of the molecule is Cc1ccc2[nH]cc(CCN3C(=O)C(=Cc4cn(C)c5ccccc45)N=C3c3ccccc3)c2c1. The summed E-state index contributed by atoms with van der Waals surface area (Å²) in [5.74, 6) is 0.644. The van der Waals surface area contributed by atoms with E-state index in [4.69, 9.17) is 4.99 Å². The van der Waals surface area contributed by atoms with Crippen molar-refractivity contribution in [3.63, 3.8) is 0 Å². The van der Waals surface area contributed by atoms with Gasteiger partial charge in [-0.2, -0.15) is 0 Å². The van der Waals surface area contributed by atoms with E-state index in [1.165, 1.54) is 16.5 Å². The van der Waals surface area contributed by atoms with Crippen LogP contribution in [0.2, 0.25) is 0 Å². The molecule has 35 heavy (non-hydrogen) atoms. The predicted octanol–water partition coefficient (Wildman–Crippen LogP) is 5.84. The minimum atomic E-state index is -0.0622. The van der Waals surface area contributed by atoms with Gasteiger partial charge < -0.3 is 9.55 Å². The van der Waals surface area contributed by atoms with E-state index < -0.39 is 0 Å². The van der Waals surface area contributed by atoms with Crippen LogP contribution in [0, 0.1) is 6.92 Å². The average molecular weight is 459 g/mol. The lowest BCUT2D eigenvalue weighted by Gasteiger charge is -2.18. The standard InChI is InChI=1S/C30H26N4O/c1-20-12-13-26-25(16-20)22(18-31-26)14-15-34-29(21-8-4-3-5-9-21)32-27(30(34)35)17-23-19-33(2)28-11-7-6-10-24(23)28/h3-13,16-19,31H,14-15H2,1-2H3. The zero-order valence-corrected chi connectivity index (χ0v) is 19.8. The molecule has 1 aliphatic heterocycles. The number of rotatable bonds is 5. The Kier molecular flexibility index (Phi) is 5.10. The van der Waals surface area contributed by atoms with E-state index in [0.29, 0.717) is 18.1 Å². The number of aliphatic imine (C=N–C) groups is 1. The van der Waals surface area contributed by atoms with Gasteiger partial charge in [-0.15, -0.1) is 0 Å². The number of carbonyl (C=O) groups excluding carboxylic acids is 1. The zero-order chi connectivity index (χ0) is 23.9. The number of nitrogens with one attached hydrogen (secondary N) is 1. The van der Waals surface area contributed by atoms with Crippen molar-refractivity contribution >= 4 is 39.6 Å².